The van der Waals surface area contributed by atoms with Gasteiger partial charge < -0.3 is 4.90 Å². The maximum Gasteiger partial charge on any atom is 0.0621 e. The summed E-state index contributed by atoms with van der Waals surface area (Å²) in [6, 6.07) is 60.0. The standard InChI is InChI=1S/C55H51N/c1-3-55(4-2)50-21-13-12-20-49(50)52-51(55)33-42-16-8-9-19-48(42)53(52)56(45-28-24-43(25-29-45)54-34-37-30-38(35-54)32-39(31-37)36-54)44-26-22-41(23-27-44)47-18-11-10-17-46(47)40-14-6-5-7-15-40/h5-29,33,37-39H,3-4,30-32,34-36H2,1-2H3. The molecule has 0 amide bonds. The van der Waals surface area contributed by atoms with Crippen molar-refractivity contribution in [2.75, 3.05) is 4.90 Å². The summed E-state index contributed by atoms with van der Waals surface area (Å²) >= 11 is 0. The molecule has 1 nitrogen and oxygen atoms in total. The molecule has 5 aliphatic carbocycles. The first-order valence-corrected chi connectivity index (χ1v) is 21.4. The Kier molecular flexibility index (Phi) is 7.92. The van der Waals surface area contributed by atoms with E-state index in [1.54, 1.807) is 5.56 Å². The van der Waals surface area contributed by atoms with E-state index < -0.39 is 0 Å². The van der Waals surface area contributed by atoms with Crippen LogP contribution in [0.1, 0.15) is 81.9 Å². The van der Waals surface area contributed by atoms with E-state index in [0.717, 1.165) is 30.6 Å². The van der Waals surface area contributed by atoms with Crippen LogP contribution in [0.2, 0.25) is 0 Å². The minimum absolute atomic E-state index is 0.0241. The van der Waals surface area contributed by atoms with E-state index in [-0.39, 0.29) is 5.41 Å². The Hall–Kier alpha value is -5.40. The number of fused-ring (bicyclic) bond motifs is 4. The van der Waals surface area contributed by atoms with E-state index in [1.165, 1.54) is 111 Å². The van der Waals surface area contributed by atoms with Crippen LogP contribution in [0.15, 0.2) is 158 Å². The van der Waals surface area contributed by atoms with Crippen molar-refractivity contribution in [3.63, 3.8) is 0 Å². The minimum atomic E-state index is -0.0241. The second-order valence-electron chi connectivity index (χ2n) is 17.7. The zero-order chi connectivity index (χ0) is 37.4. The van der Waals surface area contributed by atoms with Crippen molar-refractivity contribution >= 4 is 27.8 Å². The van der Waals surface area contributed by atoms with Crippen LogP contribution in [0.5, 0.6) is 0 Å². The van der Waals surface area contributed by atoms with Gasteiger partial charge in [0.2, 0.25) is 0 Å². The van der Waals surface area contributed by atoms with Gasteiger partial charge >= 0.3 is 0 Å². The SMILES string of the molecule is CCC1(CC)c2ccccc2-c2c1cc1ccccc1c2N(c1ccc(-c2ccccc2-c2ccccc2)cc1)c1ccc(C23CC4CC(CC(C4)C2)C3)cc1. The minimum Gasteiger partial charge on any atom is -0.309 e. The van der Waals surface area contributed by atoms with Crippen LogP contribution >= 0.6 is 0 Å². The zero-order valence-electron chi connectivity index (χ0n) is 32.8. The molecular formula is C55H51N. The van der Waals surface area contributed by atoms with Crippen molar-refractivity contribution in [3.8, 4) is 33.4 Å². The zero-order valence-corrected chi connectivity index (χ0v) is 32.8. The highest BCUT2D eigenvalue weighted by molar-refractivity contribution is 6.10. The molecule has 0 spiro atoms. The van der Waals surface area contributed by atoms with Crippen LogP contribution in [0.25, 0.3) is 44.2 Å². The van der Waals surface area contributed by atoms with Crippen LogP contribution in [-0.4, -0.2) is 0 Å². The van der Waals surface area contributed by atoms with Crippen LogP contribution in [0.4, 0.5) is 17.1 Å². The Labute approximate surface area is 333 Å². The Morgan fingerprint density at radius 3 is 1.64 bits per heavy atom. The smallest absolute Gasteiger partial charge is 0.0621 e. The highest BCUT2D eigenvalue weighted by Crippen LogP contribution is 2.62. The second-order valence-corrected chi connectivity index (χ2v) is 17.7. The van der Waals surface area contributed by atoms with Gasteiger partial charge in [0.25, 0.3) is 0 Å². The molecular weight excluding hydrogens is 675 g/mol. The molecule has 7 aromatic carbocycles. The number of anilines is 3. The van der Waals surface area contributed by atoms with Gasteiger partial charge in [0.05, 0.1) is 5.69 Å². The maximum absolute atomic E-state index is 2.61. The van der Waals surface area contributed by atoms with E-state index in [9.17, 15) is 0 Å². The highest BCUT2D eigenvalue weighted by atomic mass is 15.1. The summed E-state index contributed by atoms with van der Waals surface area (Å²) in [4.78, 5) is 2.61. The Bertz CT molecular complexity index is 2540. The summed E-state index contributed by atoms with van der Waals surface area (Å²) in [5, 5.41) is 2.61. The summed E-state index contributed by atoms with van der Waals surface area (Å²) in [6.07, 6.45) is 10.7. The van der Waals surface area contributed by atoms with Crippen LogP contribution < -0.4 is 4.90 Å². The highest BCUT2D eigenvalue weighted by Gasteiger charge is 2.51. The first-order chi connectivity index (χ1) is 27.6. The van der Waals surface area contributed by atoms with Gasteiger partial charge in [0.15, 0.2) is 0 Å². The van der Waals surface area contributed by atoms with Gasteiger partial charge in [0, 0.05) is 27.7 Å². The van der Waals surface area contributed by atoms with Crippen molar-refractivity contribution in [1.82, 2.24) is 0 Å². The van der Waals surface area contributed by atoms with Gasteiger partial charge in [-0.15, -0.1) is 0 Å². The first-order valence-electron chi connectivity index (χ1n) is 21.4. The maximum atomic E-state index is 2.61. The van der Waals surface area contributed by atoms with Crippen molar-refractivity contribution in [2.24, 2.45) is 17.8 Å². The predicted octanol–water partition coefficient (Wildman–Crippen LogP) is 15.2. The Morgan fingerprint density at radius 2 is 1.02 bits per heavy atom. The van der Waals surface area contributed by atoms with E-state index in [1.807, 2.05) is 0 Å². The number of nitrogens with zero attached hydrogens (tertiary/aromatic N) is 1. The molecule has 0 N–H and O–H groups in total. The largest absolute Gasteiger partial charge is 0.309 e. The molecule has 0 atom stereocenters. The third kappa shape index (κ3) is 5.12. The number of hydrogen-bond acceptors (Lipinski definition) is 1. The van der Waals surface area contributed by atoms with Crippen molar-refractivity contribution in [2.45, 2.75) is 76.0 Å². The first kappa shape index (κ1) is 33.9. The van der Waals surface area contributed by atoms with E-state index in [0.29, 0.717) is 5.41 Å². The van der Waals surface area contributed by atoms with E-state index >= 15 is 0 Å². The van der Waals surface area contributed by atoms with Gasteiger partial charge in [-0.25, -0.2) is 0 Å². The van der Waals surface area contributed by atoms with Crippen molar-refractivity contribution < 1.29 is 0 Å². The van der Waals surface area contributed by atoms with Crippen LogP contribution in [0, 0.1) is 17.8 Å². The molecule has 0 heterocycles. The fourth-order valence-electron chi connectivity index (χ4n) is 12.7. The number of benzene rings is 7. The van der Waals surface area contributed by atoms with E-state index in [2.05, 4.69) is 176 Å². The molecule has 56 heavy (non-hydrogen) atoms. The molecule has 4 saturated carbocycles. The van der Waals surface area contributed by atoms with Crippen LogP contribution in [0.3, 0.4) is 0 Å². The molecule has 0 aliphatic heterocycles. The van der Waals surface area contributed by atoms with Crippen LogP contribution in [-0.2, 0) is 10.8 Å². The molecule has 0 radical (unpaired) electrons. The second kappa shape index (κ2) is 13.1. The summed E-state index contributed by atoms with van der Waals surface area (Å²) in [5.41, 5.74) is 16.4. The van der Waals surface area contributed by atoms with Crippen molar-refractivity contribution in [1.29, 1.82) is 0 Å². The lowest BCUT2D eigenvalue weighted by Gasteiger charge is -2.57. The van der Waals surface area contributed by atoms with Gasteiger partial charge in [-0.05, 0) is 155 Å². The molecule has 7 aromatic rings. The Balaban J connectivity index is 1.11. The summed E-state index contributed by atoms with van der Waals surface area (Å²) in [5.74, 6) is 2.79. The normalized spacial score (nSPS) is 22.6. The summed E-state index contributed by atoms with van der Waals surface area (Å²) in [7, 11) is 0. The fraction of sp³-hybridized carbons (Fsp3) is 0.273. The monoisotopic (exact) mass is 725 g/mol. The molecule has 12 rings (SSSR count). The Morgan fingerprint density at radius 1 is 0.500 bits per heavy atom. The predicted molar refractivity (Wildman–Crippen MR) is 236 cm³/mol. The fourth-order valence-corrected chi connectivity index (χ4v) is 12.7. The molecule has 4 bridgehead atoms. The van der Waals surface area contributed by atoms with Gasteiger partial charge in [-0.2, -0.15) is 0 Å². The van der Waals surface area contributed by atoms with Crippen molar-refractivity contribution in [3.05, 3.63) is 174 Å². The van der Waals surface area contributed by atoms with Gasteiger partial charge in [-0.3, -0.25) is 0 Å². The molecule has 0 unspecified atom stereocenters. The quantitative estimate of drug-likeness (QED) is 0.151. The summed E-state index contributed by atoms with van der Waals surface area (Å²) < 4.78 is 0. The lowest BCUT2D eigenvalue weighted by atomic mass is 9.48. The topological polar surface area (TPSA) is 3.24 Å². The van der Waals surface area contributed by atoms with Gasteiger partial charge in [-0.1, -0.05) is 141 Å². The number of hydrogen-bond donors (Lipinski definition) is 0. The average molecular weight is 726 g/mol. The van der Waals surface area contributed by atoms with E-state index in [4.69, 9.17) is 0 Å². The average Bonchev–Trinajstić information content (AvgIpc) is 3.53. The lowest BCUT2D eigenvalue weighted by molar-refractivity contribution is -0.00518. The molecule has 1 heteroatoms. The summed E-state index contributed by atoms with van der Waals surface area (Å²) in [6.45, 7) is 4.77. The molecule has 0 saturated heterocycles. The third-order valence-corrected chi connectivity index (χ3v) is 14.9. The number of rotatable bonds is 8. The lowest BCUT2D eigenvalue weighted by Crippen LogP contribution is -2.48. The molecule has 276 valence electrons. The molecule has 4 fully saturated rings. The molecule has 5 aliphatic rings. The molecule has 0 aromatic heterocycles. The third-order valence-electron chi connectivity index (χ3n) is 14.9. The van der Waals surface area contributed by atoms with Gasteiger partial charge in [0.1, 0.15) is 0 Å².